The van der Waals surface area contributed by atoms with E-state index in [4.69, 9.17) is 10.5 Å². The number of anilines is 3. The van der Waals surface area contributed by atoms with Crippen molar-refractivity contribution in [1.82, 2.24) is 19.6 Å². The lowest BCUT2D eigenvalue weighted by Gasteiger charge is -2.23. The van der Waals surface area contributed by atoms with Gasteiger partial charge in [0.05, 0.1) is 12.1 Å². The molecule has 0 aliphatic carbocycles. The molecule has 2 aromatic heterocycles. The first kappa shape index (κ1) is 17.7. The van der Waals surface area contributed by atoms with Gasteiger partial charge >= 0.3 is 0 Å². The maximum Gasteiger partial charge on any atom is 0.265 e. The summed E-state index contributed by atoms with van der Waals surface area (Å²) in [5.41, 5.74) is 8.90. The predicted molar refractivity (Wildman–Crippen MR) is 102 cm³/mol. The van der Waals surface area contributed by atoms with Gasteiger partial charge in [-0.2, -0.15) is 9.50 Å². The number of benzene rings is 1. The van der Waals surface area contributed by atoms with E-state index in [0.717, 1.165) is 11.3 Å². The van der Waals surface area contributed by atoms with Crippen molar-refractivity contribution in [3.63, 3.8) is 0 Å². The van der Waals surface area contributed by atoms with E-state index in [0.29, 0.717) is 28.6 Å². The number of nitrogens with one attached hydrogen (secondary N) is 2. The zero-order valence-corrected chi connectivity index (χ0v) is 15.6. The van der Waals surface area contributed by atoms with Gasteiger partial charge in [0.1, 0.15) is 5.75 Å². The number of fused-ring (bicyclic) bond motifs is 2. The van der Waals surface area contributed by atoms with Crippen LogP contribution >= 0.6 is 0 Å². The molecule has 3 heterocycles. The van der Waals surface area contributed by atoms with Crippen molar-refractivity contribution in [1.29, 1.82) is 0 Å². The minimum absolute atomic E-state index is 0.108. The van der Waals surface area contributed by atoms with Gasteiger partial charge in [0.2, 0.25) is 11.9 Å². The van der Waals surface area contributed by atoms with Crippen molar-refractivity contribution in [2.45, 2.75) is 33.3 Å². The highest BCUT2D eigenvalue weighted by Crippen LogP contribution is 2.32. The summed E-state index contributed by atoms with van der Waals surface area (Å²) in [5.74, 6) is 0.640. The van der Waals surface area contributed by atoms with Gasteiger partial charge in [0.15, 0.2) is 6.10 Å². The molecule has 0 fully saturated rings. The molecule has 1 atom stereocenters. The van der Waals surface area contributed by atoms with E-state index in [-0.39, 0.29) is 24.2 Å². The molecule has 10 nitrogen and oxygen atoms in total. The van der Waals surface area contributed by atoms with Gasteiger partial charge in [0.25, 0.3) is 11.7 Å². The highest BCUT2D eigenvalue weighted by molar-refractivity contribution is 5.99. The van der Waals surface area contributed by atoms with Crippen molar-refractivity contribution in [2.75, 3.05) is 16.4 Å². The monoisotopic (exact) mass is 381 g/mol. The Morgan fingerprint density at radius 2 is 2.14 bits per heavy atom. The fourth-order valence-corrected chi connectivity index (χ4v) is 3.13. The van der Waals surface area contributed by atoms with E-state index in [9.17, 15) is 9.59 Å². The molecule has 144 valence electrons. The van der Waals surface area contributed by atoms with Crippen molar-refractivity contribution < 1.29 is 14.3 Å². The fraction of sp³-hybridized carbons (Fsp3) is 0.278. The second-order valence-corrected chi connectivity index (χ2v) is 6.63. The molecule has 28 heavy (non-hydrogen) atoms. The van der Waals surface area contributed by atoms with Crippen molar-refractivity contribution in [3.05, 3.63) is 35.2 Å². The summed E-state index contributed by atoms with van der Waals surface area (Å²) in [6.45, 7) is 5.32. The smallest absolute Gasteiger partial charge is 0.265 e. The SMILES string of the molecule is Cc1nc2nc(N)nn2c(C)c1CC(=O)Nc1ccc2c(c1)NC(=O)[C@@H](C)O2. The maximum absolute atomic E-state index is 12.6. The Bertz CT molecular complexity index is 1120. The summed E-state index contributed by atoms with van der Waals surface area (Å²) < 4.78 is 7.04. The number of nitrogen functional groups attached to an aromatic ring is 1. The van der Waals surface area contributed by atoms with Crippen LogP contribution in [0.5, 0.6) is 5.75 Å². The molecule has 1 aliphatic rings. The van der Waals surface area contributed by atoms with Crippen molar-refractivity contribution >= 4 is 34.9 Å². The summed E-state index contributed by atoms with van der Waals surface area (Å²) in [6.07, 6.45) is -0.440. The third-order valence-corrected chi connectivity index (χ3v) is 4.60. The van der Waals surface area contributed by atoms with Gasteiger partial charge in [-0.1, -0.05) is 0 Å². The third-order valence-electron chi connectivity index (χ3n) is 4.60. The van der Waals surface area contributed by atoms with E-state index >= 15 is 0 Å². The molecule has 1 aromatic carbocycles. The van der Waals surface area contributed by atoms with Gasteiger partial charge < -0.3 is 21.1 Å². The largest absolute Gasteiger partial charge is 0.479 e. The van der Waals surface area contributed by atoms with Crippen LogP contribution in [0.15, 0.2) is 18.2 Å². The number of hydrogen-bond acceptors (Lipinski definition) is 7. The number of nitrogens with two attached hydrogens (primary N) is 1. The number of nitrogens with zero attached hydrogens (tertiary/aromatic N) is 4. The lowest BCUT2D eigenvalue weighted by Crippen LogP contribution is -2.34. The van der Waals surface area contributed by atoms with E-state index < -0.39 is 6.10 Å². The van der Waals surface area contributed by atoms with E-state index in [1.807, 2.05) is 13.8 Å². The molecule has 0 unspecified atom stereocenters. The zero-order chi connectivity index (χ0) is 20.0. The summed E-state index contributed by atoms with van der Waals surface area (Å²) in [6, 6.07) is 5.10. The lowest BCUT2D eigenvalue weighted by molar-refractivity contribution is -0.122. The molecular weight excluding hydrogens is 362 g/mol. The molecule has 0 saturated carbocycles. The quantitative estimate of drug-likeness (QED) is 0.620. The van der Waals surface area contributed by atoms with Crippen LogP contribution in [0.25, 0.3) is 5.78 Å². The van der Waals surface area contributed by atoms with E-state index in [2.05, 4.69) is 25.7 Å². The highest BCUT2D eigenvalue weighted by atomic mass is 16.5. The Balaban J connectivity index is 1.55. The number of aryl methyl sites for hydroxylation is 2. The Hall–Kier alpha value is -3.69. The predicted octanol–water partition coefficient (Wildman–Crippen LogP) is 1.22. The van der Waals surface area contributed by atoms with Crippen LogP contribution in [0.4, 0.5) is 17.3 Å². The van der Waals surface area contributed by atoms with Crippen LogP contribution < -0.4 is 21.1 Å². The first-order chi connectivity index (χ1) is 13.3. The topological polar surface area (TPSA) is 137 Å². The Morgan fingerprint density at radius 3 is 2.93 bits per heavy atom. The van der Waals surface area contributed by atoms with Crippen LogP contribution in [0, 0.1) is 13.8 Å². The molecule has 0 spiro atoms. The van der Waals surface area contributed by atoms with Gasteiger partial charge in [-0.05, 0) is 39.0 Å². The highest BCUT2D eigenvalue weighted by Gasteiger charge is 2.24. The van der Waals surface area contributed by atoms with E-state index in [1.54, 1.807) is 25.1 Å². The second kappa shape index (κ2) is 6.48. The maximum atomic E-state index is 12.6. The molecule has 2 amide bonds. The number of ether oxygens (including phenoxy) is 1. The van der Waals surface area contributed by atoms with Crippen LogP contribution in [-0.2, 0) is 16.0 Å². The van der Waals surface area contributed by atoms with Crippen LogP contribution in [0.1, 0.15) is 23.9 Å². The Labute approximate surface area is 160 Å². The van der Waals surface area contributed by atoms with Gasteiger partial charge in [-0.15, -0.1) is 5.10 Å². The molecule has 0 bridgehead atoms. The second-order valence-electron chi connectivity index (χ2n) is 6.63. The number of carbonyl (C=O) groups excluding carboxylic acids is 2. The fourth-order valence-electron chi connectivity index (χ4n) is 3.13. The molecule has 1 aliphatic heterocycles. The molecule has 4 N–H and O–H groups in total. The first-order valence-electron chi connectivity index (χ1n) is 8.71. The number of amides is 2. The summed E-state index contributed by atoms with van der Waals surface area (Å²) >= 11 is 0. The average molecular weight is 381 g/mol. The third kappa shape index (κ3) is 3.08. The molecular formula is C18H19N7O3. The van der Waals surface area contributed by atoms with Gasteiger partial charge in [0, 0.05) is 22.6 Å². The Kier molecular flexibility index (Phi) is 4.10. The summed E-state index contributed by atoms with van der Waals surface area (Å²) in [5, 5.41) is 9.69. The standard InChI is InChI=1S/C18H19N7O3/c1-8-12(9(2)25-18(20-8)23-17(19)24-25)7-15(26)21-11-4-5-14-13(6-11)22-16(27)10(3)28-14/h4-6,10H,7H2,1-3H3,(H2,19,24)(H,21,26)(H,22,27)/t10-/m1/s1. The van der Waals surface area contributed by atoms with Gasteiger partial charge in [-0.25, -0.2) is 4.98 Å². The molecule has 3 aromatic rings. The molecule has 0 saturated heterocycles. The van der Waals surface area contributed by atoms with Crippen LogP contribution in [-0.4, -0.2) is 37.5 Å². The zero-order valence-electron chi connectivity index (χ0n) is 15.6. The van der Waals surface area contributed by atoms with Crippen LogP contribution in [0.2, 0.25) is 0 Å². The Morgan fingerprint density at radius 1 is 1.36 bits per heavy atom. The number of aromatic nitrogens is 4. The van der Waals surface area contributed by atoms with Crippen molar-refractivity contribution in [3.8, 4) is 5.75 Å². The molecule has 0 radical (unpaired) electrons. The lowest BCUT2D eigenvalue weighted by atomic mass is 10.1. The van der Waals surface area contributed by atoms with Crippen molar-refractivity contribution in [2.24, 2.45) is 0 Å². The number of rotatable bonds is 3. The first-order valence-corrected chi connectivity index (χ1v) is 8.71. The van der Waals surface area contributed by atoms with Gasteiger partial charge in [-0.3, -0.25) is 9.59 Å². The minimum Gasteiger partial charge on any atom is -0.479 e. The number of carbonyl (C=O) groups is 2. The average Bonchev–Trinajstić information content (AvgIpc) is 3.00. The molecule has 10 heteroatoms. The minimum atomic E-state index is -0.549. The molecule has 4 rings (SSSR count). The normalized spacial score (nSPS) is 15.7. The summed E-state index contributed by atoms with van der Waals surface area (Å²) in [4.78, 5) is 32.7. The van der Waals surface area contributed by atoms with Crippen LogP contribution in [0.3, 0.4) is 0 Å². The van der Waals surface area contributed by atoms with E-state index in [1.165, 1.54) is 4.52 Å². The summed E-state index contributed by atoms with van der Waals surface area (Å²) in [7, 11) is 0. The number of hydrogen-bond donors (Lipinski definition) is 3.